The van der Waals surface area contributed by atoms with Crippen LogP contribution in [-0.4, -0.2) is 48.1 Å². The van der Waals surface area contributed by atoms with Crippen LogP contribution in [0, 0.1) is 5.82 Å². The van der Waals surface area contributed by atoms with Crippen molar-refractivity contribution in [2.45, 2.75) is 39.0 Å². The monoisotopic (exact) mass is 374 g/mol. The van der Waals surface area contributed by atoms with Gasteiger partial charge in [0, 0.05) is 26.2 Å². The second-order valence-corrected chi connectivity index (χ2v) is 6.92. The zero-order chi connectivity index (χ0) is 19.1. The van der Waals surface area contributed by atoms with Gasteiger partial charge in [0.05, 0.1) is 25.5 Å². The molecule has 0 N–H and O–H groups in total. The predicted octanol–water partition coefficient (Wildman–Crippen LogP) is 3.45. The van der Waals surface area contributed by atoms with Crippen molar-refractivity contribution in [3.05, 3.63) is 59.8 Å². The lowest BCUT2D eigenvalue weighted by Gasteiger charge is -2.28. The summed E-state index contributed by atoms with van der Waals surface area (Å²) in [5.41, 5.74) is 0.793. The maximum absolute atomic E-state index is 13.4. The first-order valence-electron chi connectivity index (χ1n) is 9.52. The van der Waals surface area contributed by atoms with Gasteiger partial charge in [-0.2, -0.15) is 0 Å². The lowest BCUT2D eigenvalue weighted by atomic mass is 10.2. The summed E-state index contributed by atoms with van der Waals surface area (Å²) < 4.78 is 24.6. The van der Waals surface area contributed by atoms with E-state index in [2.05, 4.69) is 4.90 Å². The maximum Gasteiger partial charge on any atom is 0.237 e. The SMILES string of the molecule is CCN(Cc1cccc(F)c1)C(=O)CN(Cc1ccco1)CC1CCCO1. The number of nitrogens with zero attached hydrogens (tertiary/aromatic N) is 2. The van der Waals surface area contributed by atoms with Crippen LogP contribution < -0.4 is 0 Å². The minimum atomic E-state index is -0.283. The summed E-state index contributed by atoms with van der Waals surface area (Å²) in [5, 5.41) is 0. The standard InChI is InChI=1S/C21H27FN2O3/c1-2-24(13-17-6-3-7-18(22)12-17)21(25)16-23(14-19-8-4-10-26-19)15-20-9-5-11-27-20/h3-4,6-8,10,12,20H,2,5,9,11,13-16H2,1H3. The lowest BCUT2D eigenvalue weighted by molar-refractivity contribution is -0.133. The second kappa shape index (κ2) is 9.67. The molecule has 0 bridgehead atoms. The summed E-state index contributed by atoms with van der Waals surface area (Å²) in [6, 6.07) is 10.2. The highest BCUT2D eigenvalue weighted by Crippen LogP contribution is 2.16. The molecule has 2 aromatic rings. The molecule has 1 aliphatic rings. The van der Waals surface area contributed by atoms with Crippen molar-refractivity contribution in [3.8, 4) is 0 Å². The maximum atomic E-state index is 13.4. The van der Waals surface area contributed by atoms with Crippen LogP contribution in [0.1, 0.15) is 31.1 Å². The second-order valence-electron chi connectivity index (χ2n) is 6.92. The first-order valence-corrected chi connectivity index (χ1v) is 9.52. The molecule has 1 aliphatic heterocycles. The van der Waals surface area contributed by atoms with Crippen LogP contribution in [0.15, 0.2) is 47.1 Å². The quantitative estimate of drug-likeness (QED) is 0.674. The van der Waals surface area contributed by atoms with Crippen molar-refractivity contribution < 1.29 is 18.3 Å². The fraction of sp³-hybridized carbons (Fsp3) is 0.476. The number of amides is 1. The number of rotatable bonds is 9. The summed E-state index contributed by atoms with van der Waals surface area (Å²) in [6.45, 7) is 5.25. The molecule has 1 saturated heterocycles. The number of carbonyl (C=O) groups excluding carboxylic acids is 1. The average Bonchev–Trinajstić information content (AvgIpc) is 3.33. The molecule has 1 aromatic carbocycles. The third-order valence-electron chi connectivity index (χ3n) is 4.80. The van der Waals surface area contributed by atoms with Gasteiger partial charge >= 0.3 is 0 Å². The van der Waals surface area contributed by atoms with E-state index in [0.29, 0.717) is 26.2 Å². The number of hydrogen-bond acceptors (Lipinski definition) is 4. The van der Waals surface area contributed by atoms with Gasteiger partial charge in [-0.3, -0.25) is 9.69 Å². The third kappa shape index (κ3) is 5.91. The molecule has 6 heteroatoms. The first kappa shape index (κ1) is 19.6. The molecule has 0 spiro atoms. The van der Waals surface area contributed by atoms with E-state index in [1.165, 1.54) is 12.1 Å². The van der Waals surface area contributed by atoms with Gasteiger partial charge in [0.25, 0.3) is 0 Å². The zero-order valence-electron chi connectivity index (χ0n) is 15.8. The first-order chi connectivity index (χ1) is 13.1. The molecule has 0 radical (unpaired) electrons. The molecule has 0 saturated carbocycles. The van der Waals surface area contributed by atoms with E-state index < -0.39 is 0 Å². The van der Waals surface area contributed by atoms with Crippen LogP contribution in [0.2, 0.25) is 0 Å². The minimum absolute atomic E-state index is 0.0197. The van der Waals surface area contributed by atoms with Gasteiger partial charge in [-0.1, -0.05) is 12.1 Å². The van der Waals surface area contributed by atoms with Crippen LogP contribution in [0.25, 0.3) is 0 Å². The summed E-state index contributed by atoms with van der Waals surface area (Å²) in [4.78, 5) is 16.7. The third-order valence-corrected chi connectivity index (χ3v) is 4.80. The van der Waals surface area contributed by atoms with Crippen molar-refractivity contribution in [1.29, 1.82) is 0 Å². The van der Waals surface area contributed by atoms with Gasteiger partial charge < -0.3 is 14.1 Å². The van der Waals surface area contributed by atoms with E-state index in [1.54, 1.807) is 17.2 Å². The van der Waals surface area contributed by atoms with Gasteiger partial charge in [-0.05, 0) is 49.6 Å². The van der Waals surface area contributed by atoms with E-state index >= 15 is 0 Å². The lowest BCUT2D eigenvalue weighted by Crippen LogP contribution is -2.42. The largest absolute Gasteiger partial charge is 0.468 e. The molecule has 1 aromatic heterocycles. The van der Waals surface area contributed by atoms with Crippen LogP contribution in [0.4, 0.5) is 4.39 Å². The summed E-state index contributed by atoms with van der Waals surface area (Å²) >= 11 is 0. The molecule has 0 aliphatic carbocycles. The number of likely N-dealkylation sites (N-methyl/N-ethyl adjacent to an activating group) is 1. The number of hydrogen-bond donors (Lipinski definition) is 0. The van der Waals surface area contributed by atoms with Gasteiger partial charge in [-0.25, -0.2) is 4.39 Å². The van der Waals surface area contributed by atoms with E-state index in [4.69, 9.17) is 9.15 Å². The highest BCUT2D eigenvalue weighted by molar-refractivity contribution is 5.78. The fourth-order valence-electron chi connectivity index (χ4n) is 3.41. The number of ether oxygens (including phenoxy) is 1. The number of halogens is 1. The molecular weight excluding hydrogens is 347 g/mol. The Balaban J connectivity index is 1.63. The van der Waals surface area contributed by atoms with Crippen molar-refractivity contribution in [2.24, 2.45) is 0 Å². The predicted molar refractivity (Wildman–Crippen MR) is 100 cm³/mol. The normalized spacial score (nSPS) is 16.8. The number of carbonyl (C=O) groups is 1. The Kier molecular flexibility index (Phi) is 7.01. The van der Waals surface area contributed by atoms with Gasteiger partial charge in [0.1, 0.15) is 11.6 Å². The topological polar surface area (TPSA) is 45.9 Å². The molecular formula is C21H27FN2O3. The van der Waals surface area contributed by atoms with Crippen molar-refractivity contribution >= 4 is 5.91 Å². The molecule has 2 heterocycles. The van der Waals surface area contributed by atoms with Crippen molar-refractivity contribution in [3.63, 3.8) is 0 Å². The van der Waals surface area contributed by atoms with E-state index in [0.717, 1.165) is 30.8 Å². The zero-order valence-corrected chi connectivity index (χ0v) is 15.8. The smallest absolute Gasteiger partial charge is 0.237 e. The Morgan fingerprint density at radius 1 is 1.26 bits per heavy atom. The molecule has 3 rings (SSSR count). The molecule has 5 nitrogen and oxygen atoms in total. The molecule has 1 amide bonds. The van der Waals surface area contributed by atoms with Crippen LogP contribution in [0.3, 0.4) is 0 Å². The number of furan rings is 1. The van der Waals surface area contributed by atoms with Crippen LogP contribution >= 0.6 is 0 Å². The highest BCUT2D eigenvalue weighted by atomic mass is 19.1. The summed E-state index contributed by atoms with van der Waals surface area (Å²) in [6.07, 6.45) is 3.88. The molecule has 27 heavy (non-hydrogen) atoms. The Morgan fingerprint density at radius 3 is 2.81 bits per heavy atom. The molecule has 146 valence electrons. The summed E-state index contributed by atoms with van der Waals surface area (Å²) in [7, 11) is 0. The number of benzene rings is 1. The van der Waals surface area contributed by atoms with Gasteiger partial charge in [0.15, 0.2) is 0 Å². The van der Waals surface area contributed by atoms with Gasteiger partial charge in [-0.15, -0.1) is 0 Å². The van der Waals surface area contributed by atoms with E-state index in [9.17, 15) is 9.18 Å². The van der Waals surface area contributed by atoms with Crippen molar-refractivity contribution in [2.75, 3.05) is 26.2 Å². The molecule has 1 fully saturated rings. The van der Waals surface area contributed by atoms with E-state index in [1.807, 2.05) is 25.1 Å². The highest BCUT2D eigenvalue weighted by Gasteiger charge is 2.23. The van der Waals surface area contributed by atoms with E-state index in [-0.39, 0.29) is 24.4 Å². The van der Waals surface area contributed by atoms with Gasteiger partial charge in [0.2, 0.25) is 5.91 Å². The Bertz CT molecular complexity index is 714. The Morgan fingerprint density at radius 2 is 2.15 bits per heavy atom. The average molecular weight is 374 g/mol. The Labute approximate surface area is 159 Å². The van der Waals surface area contributed by atoms with Crippen molar-refractivity contribution in [1.82, 2.24) is 9.80 Å². The van der Waals surface area contributed by atoms with Crippen LogP contribution in [-0.2, 0) is 22.6 Å². The Hall–Kier alpha value is -2.18. The summed E-state index contributed by atoms with van der Waals surface area (Å²) in [5.74, 6) is 0.564. The molecule has 1 atom stereocenters. The molecule has 1 unspecified atom stereocenters. The van der Waals surface area contributed by atoms with Crippen LogP contribution in [0.5, 0.6) is 0 Å². The fourth-order valence-corrected chi connectivity index (χ4v) is 3.41. The minimum Gasteiger partial charge on any atom is -0.468 e.